The molecule has 3 heteroatoms. The summed E-state index contributed by atoms with van der Waals surface area (Å²) in [5, 5.41) is 0. The predicted octanol–water partition coefficient (Wildman–Crippen LogP) is 3.72. The molecule has 3 rings (SSSR count). The number of anilines is 1. The summed E-state index contributed by atoms with van der Waals surface area (Å²) in [6.45, 7) is 4.36. The molecule has 0 aliphatic carbocycles. The molecular formula is C20H21NO2. The molecule has 1 aliphatic heterocycles. The fraction of sp³-hybridized carbons (Fsp3) is 0.300. The molecule has 0 bridgehead atoms. The van der Waals surface area contributed by atoms with Gasteiger partial charge in [0, 0.05) is 24.2 Å². The van der Waals surface area contributed by atoms with E-state index in [9.17, 15) is 9.59 Å². The van der Waals surface area contributed by atoms with E-state index in [-0.39, 0.29) is 11.7 Å². The third kappa shape index (κ3) is 3.19. The van der Waals surface area contributed by atoms with Crippen LogP contribution in [-0.4, -0.2) is 18.2 Å². The zero-order valence-corrected chi connectivity index (χ0v) is 13.6. The number of amides is 1. The van der Waals surface area contributed by atoms with Crippen LogP contribution in [-0.2, 0) is 17.6 Å². The number of fused-ring (bicyclic) bond motifs is 1. The average Bonchev–Trinajstić information content (AvgIpc) is 2.97. The Hall–Kier alpha value is -2.42. The molecule has 0 atom stereocenters. The zero-order chi connectivity index (χ0) is 16.4. The van der Waals surface area contributed by atoms with Gasteiger partial charge in [-0.05, 0) is 61.6 Å². The van der Waals surface area contributed by atoms with Gasteiger partial charge in [-0.25, -0.2) is 0 Å². The maximum atomic E-state index is 12.6. The summed E-state index contributed by atoms with van der Waals surface area (Å²) < 4.78 is 0. The van der Waals surface area contributed by atoms with E-state index >= 15 is 0 Å². The smallest absolute Gasteiger partial charge is 0.227 e. The van der Waals surface area contributed by atoms with Gasteiger partial charge in [-0.15, -0.1) is 0 Å². The molecule has 0 unspecified atom stereocenters. The van der Waals surface area contributed by atoms with Gasteiger partial charge in [-0.2, -0.15) is 0 Å². The van der Waals surface area contributed by atoms with Crippen LogP contribution in [0.15, 0.2) is 42.5 Å². The van der Waals surface area contributed by atoms with E-state index in [0.717, 1.165) is 29.7 Å². The third-order valence-corrected chi connectivity index (χ3v) is 4.55. The highest BCUT2D eigenvalue weighted by molar-refractivity contribution is 5.98. The number of carbonyl (C=O) groups excluding carboxylic acids is 2. The molecule has 2 aromatic carbocycles. The molecule has 1 heterocycles. The molecule has 0 fully saturated rings. The van der Waals surface area contributed by atoms with Crippen LogP contribution in [0, 0.1) is 6.92 Å². The van der Waals surface area contributed by atoms with Crippen LogP contribution in [0.3, 0.4) is 0 Å². The number of ketones is 1. The lowest BCUT2D eigenvalue weighted by atomic mass is 10.0. The average molecular weight is 307 g/mol. The quantitative estimate of drug-likeness (QED) is 0.807. The fourth-order valence-corrected chi connectivity index (χ4v) is 3.15. The first-order chi connectivity index (χ1) is 11.1. The summed E-state index contributed by atoms with van der Waals surface area (Å²) in [5.41, 5.74) is 5.24. The highest BCUT2D eigenvalue weighted by atomic mass is 16.2. The zero-order valence-electron chi connectivity index (χ0n) is 13.6. The number of benzene rings is 2. The second kappa shape index (κ2) is 6.37. The molecule has 0 radical (unpaired) electrons. The number of carbonyl (C=O) groups is 2. The van der Waals surface area contributed by atoms with Gasteiger partial charge in [0.2, 0.25) is 5.91 Å². The maximum absolute atomic E-state index is 12.6. The second-order valence-corrected chi connectivity index (χ2v) is 6.12. The maximum Gasteiger partial charge on any atom is 0.227 e. The monoisotopic (exact) mass is 307 g/mol. The van der Waals surface area contributed by atoms with Gasteiger partial charge in [0.25, 0.3) is 0 Å². The standard InChI is InChI=1S/C20H21NO2/c1-14-5-3-4-6-16(14)8-10-20(23)21-12-11-18-13-17(15(2)22)7-9-19(18)21/h3-7,9,13H,8,10-12H2,1-2H3. The topological polar surface area (TPSA) is 37.4 Å². The van der Waals surface area contributed by atoms with Crippen molar-refractivity contribution >= 4 is 17.4 Å². The van der Waals surface area contributed by atoms with Crippen LogP contribution in [0.1, 0.15) is 40.4 Å². The Morgan fingerprint density at radius 1 is 1.13 bits per heavy atom. The summed E-state index contributed by atoms with van der Waals surface area (Å²) in [7, 11) is 0. The van der Waals surface area contributed by atoms with Crippen molar-refractivity contribution in [2.45, 2.75) is 33.1 Å². The summed E-state index contributed by atoms with van der Waals surface area (Å²) in [6, 6.07) is 13.8. The Labute approximate surface area is 136 Å². The van der Waals surface area contributed by atoms with Gasteiger partial charge in [0.1, 0.15) is 0 Å². The van der Waals surface area contributed by atoms with E-state index in [1.54, 1.807) is 6.92 Å². The first kappa shape index (κ1) is 15.5. The third-order valence-electron chi connectivity index (χ3n) is 4.55. The molecule has 0 N–H and O–H groups in total. The van der Waals surface area contributed by atoms with E-state index < -0.39 is 0 Å². The molecular weight excluding hydrogens is 286 g/mol. The summed E-state index contributed by atoms with van der Waals surface area (Å²) >= 11 is 0. The van der Waals surface area contributed by atoms with Gasteiger partial charge >= 0.3 is 0 Å². The molecule has 1 aliphatic rings. The van der Waals surface area contributed by atoms with Crippen molar-refractivity contribution in [3.05, 3.63) is 64.7 Å². The normalized spacial score (nSPS) is 13.0. The van der Waals surface area contributed by atoms with E-state index in [0.29, 0.717) is 13.0 Å². The van der Waals surface area contributed by atoms with Gasteiger partial charge in [-0.3, -0.25) is 9.59 Å². The number of hydrogen-bond acceptors (Lipinski definition) is 2. The van der Waals surface area contributed by atoms with Crippen LogP contribution in [0.2, 0.25) is 0 Å². The minimum absolute atomic E-state index is 0.0668. The van der Waals surface area contributed by atoms with Crippen LogP contribution < -0.4 is 4.90 Å². The van der Waals surface area contributed by atoms with E-state index in [4.69, 9.17) is 0 Å². The number of Topliss-reactive ketones (excluding diaryl/α,β-unsaturated/α-hetero) is 1. The predicted molar refractivity (Wildman–Crippen MR) is 92.0 cm³/mol. The van der Waals surface area contributed by atoms with Crippen molar-refractivity contribution in [3.63, 3.8) is 0 Å². The molecule has 0 aromatic heterocycles. The molecule has 0 spiro atoms. The van der Waals surface area contributed by atoms with Crippen molar-refractivity contribution in [3.8, 4) is 0 Å². The summed E-state index contributed by atoms with van der Waals surface area (Å²) in [5.74, 6) is 0.222. The highest BCUT2D eigenvalue weighted by Gasteiger charge is 2.24. The van der Waals surface area contributed by atoms with Gasteiger partial charge < -0.3 is 4.90 Å². The van der Waals surface area contributed by atoms with Crippen molar-refractivity contribution in [1.29, 1.82) is 0 Å². The second-order valence-electron chi connectivity index (χ2n) is 6.12. The van der Waals surface area contributed by atoms with Crippen LogP contribution >= 0.6 is 0 Å². The Bertz CT molecular complexity index is 764. The number of hydrogen-bond donors (Lipinski definition) is 0. The van der Waals surface area contributed by atoms with Crippen molar-refractivity contribution in [2.75, 3.05) is 11.4 Å². The Morgan fingerprint density at radius 3 is 2.65 bits per heavy atom. The lowest BCUT2D eigenvalue weighted by Crippen LogP contribution is -2.29. The van der Waals surface area contributed by atoms with Crippen molar-refractivity contribution < 1.29 is 9.59 Å². The first-order valence-electron chi connectivity index (χ1n) is 8.05. The Morgan fingerprint density at radius 2 is 1.91 bits per heavy atom. The van der Waals surface area contributed by atoms with Crippen LogP contribution in [0.5, 0.6) is 0 Å². The van der Waals surface area contributed by atoms with Crippen molar-refractivity contribution in [1.82, 2.24) is 0 Å². The minimum Gasteiger partial charge on any atom is -0.312 e. The van der Waals surface area contributed by atoms with E-state index in [1.165, 1.54) is 11.1 Å². The molecule has 2 aromatic rings. The molecule has 23 heavy (non-hydrogen) atoms. The molecule has 0 saturated carbocycles. The molecule has 1 amide bonds. The lowest BCUT2D eigenvalue weighted by molar-refractivity contribution is -0.118. The van der Waals surface area contributed by atoms with E-state index in [1.807, 2.05) is 35.2 Å². The molecule has 0 saturated heterocycles. The molecule has 3 nitrogen and oxygen atoms in total. The number of aryl methyl sites for hydroxylation is 2. The van der Waals surface area contributed by atoms with Gasteiger partial charge in [0.05, 0.1) is 0 Å². The van der Waals surface area contributed by atoms with Gasteiger partial charge in [-0.1, -0.05) is 24.3 Å². The van der Waals surface area contributed by atoms with E-state index in [2.05, 4.69) is 19.1 Å². The Kier molecular flexibility index (Phi) is 4.28. The van der Waals surface area contributed by atoms with Crippen LogP contribution in [0.4, 0.5) is 5.69 Å². The van der Waals surface area contributed by atoms with Crippen LogP contribution in [0.25, 0.3) is 0 Å². The number of rotatable bonds is 4. The highest BCUT2D eigenvalue weighted by Crippen LogP contribution is 2.29. The summed E-state index contributed by atoms with van der Waals surface area (Å²) in [6.07, 6.45) is 2.11. The largest absolute Gasteiger partial charge is 0.312 e. The number of nitrogens with zero attached hydrogens (tertiary/aromatic N) is 1. The lowest BCUT2D eigenvalue weighted by Gasteiger charge is -2.18. The fourth-order valence-electron chi connectivity index (χ4n) is 3.15. The minimum atomic E-state index is 0.0668. The molecule has 118 valence electrons. The SMILES string of the molecule is CC(=O)c1ccc2c(c1)CCN2C(=O)CCc1ccccc1C. The first-order valence-corrected chi connectivity index (χ1v) is 8.05. The van der Waals surface area contributed by atoms with Crippen molar-refractivity contribution in [2.24, 2.45) is 0 Å². The van der Waals surface area contributed by atoms with Gasteiger partial charge in [0.15, 0.2) is 5.78 Å². The Balaban J connectivity index is 1.71. The summed E-state index contributed by atoms with van der Waals surface area (Å²) in [4.78, 5) is 25.9.